The Labute approximate surface area is 129 Å². The van der Waals surface area contributed by atoms with Gasteiger partial charge in [0.2, 0.25) is 0 Å². The van der Waals surface area contributed by atoms with Gasteiger partial charge < -0.3 is 14.0 Å². The molecule has 0 heterocycles. The Balaban J connectivity index is 2.09. The van der Waals surface area contributed by atoms with Gasteiger partial charge in [0.05, 0.1) is 19.3 Å². The Kier molecular flexibility index (Phi) is 5.54. The van der Waals surface area contributed by atoms with Gasteiger partial charge in [-0.15, -0.1) is 6.58 Å². The van der Waals surface area contributed by atoms with Crippen molar-refractivity contribution >= 4 is 20.9 Å². The second kappa shape index (κ2) is 7.40. The molecule has 0 saturated heterocycles. The molecular weight excluding hydrogens is 304 g/mol. The third-order valence-electron chi connectivity index (χ3n) is 2.91. The van der Waals surface area contributed by atoms with Crippen LogP contribution in [0.2, 0.25) is 0 Å². The van der Waals surface area contributed by atoms with Crippen molar-refractivity contribution < 1.29 is 22.4 Å². The van der Waals surface area contributed by atoms with Gasteiger partial charge in [-0.1, -0.05) is 42.5 Å². The fourth-order valence-corrected chi connectivity index (χ4v) is 3.06. The van der Waals surface area contributed by atoms with Gasteiger partial charge >= 0.3 is 10.1 Å². The highest BCUT2D eigenvalue weighted by Crippen LogP contribution is 2.26. The first kappa shape index (κ1) is 16.5. The lowest BCUT2D eigenvalue weighted by Gasteiger charge is -2.13. The van der Waals surface area contributed by atoms with E-state index in [2.05, 4.69) is 6.58 Å². The zero-order valence-corrected chi connectivity index (χ0v) is 12.8. The Morgan fingerprint density at radius 1 is 1.18 bits per heavy atom. The number of hydrogen-bond donors (Lipinski definition) is 1. The zero-order chi connectivity index (χ0) is 16.0. The van der Waals surface area contributed by atoms with E-state index in [-0.39, 0.29) is 19.0 Å². The van der Waals surface area contributed by atoms with E-state index in [1.807, 2.05) is 18.2 Å². The van der Waals surface area contributed by atoms with Gasteiger partial charge in [-0.05, 0) is 11.5 Å². The molecule has 0 radical (unpaired) electrons. The van der Waals surface area contributed by atoms with Crippen LogP contribution in [-0.4, -0.2) is 38.6 Å². The molecule has 0 spiro atoms. The standard InChI is InChI=1S/C16H18O5S/c1-2-10-20-11-14(17)12-22(18,19)21-16-9-5-7-13-6-3-4-8-15(13)16/h2-9,14,17H,1,10-12H2. The van der Waals surface area contributed by atoms with Crippen LogP contribution in [0.1, 0.15) is 0 Å². The SMILES string of the molecule is C=CCOCC(O)CS(=O)(=O)Oc1cccc2ccccc12. The van der Waals surface area contributed by atoms with Crippen LogP contribution in [0.5, 0.6) is 5.75 Å². The van der Waals surface area contributed by atoms with E-state index in [9.17, 15) is 13.5 Å². The lowest BCUT2D eigenvalue weighted by atomic mass is 10.1. The van der Waals surface area contributed by atoms with Gasteiger partial charge in [-0.25, -0.2) is 0 Å². The molecule has 0 aliphatic rings. The third kappa shape index (κ3) is 4.56. The molecule has 1 unspecified atom stereocenters. The molecule has 0 aliphatic heterocycles. The van der Waals surface area contributed by atoms with Crippen molar-refractivity contribution in [1.29, 1.82) is 0 Å². The maximum absolute atomic E-state index is 12.0. The summed E-state index contributed by atoms with van der Waals surface area (Å²) in [5.74, 6) is -0.287. The Morgan fingerprint density at radius 3 is 2.68 bits per heavy atom. The first-order valence-electron chi connectivity index (χ1n) is 6.78. The van der Waals surface area contributed by atoms with Crippen LogP contribution >= 0.6 is 0 Å². The van der Waals surface area contributed by atoms with Gasteiger partial charge in [0.15, 0.2) is 0 Å². The van der Waals surface area contributed by atoms with Crippen LogP contribution in [0.15, 0.2) is 55.1 Å². The molecule has 6 heteroatoms. The minimum Gasteiger partial charge on any atom is -0.390 e. The predicted molar refractivity (Wildman–Crippen MR) is 85.4 cm³/mol. The fourth-order valence-electron chi connectivity index (χ4n) is 2.01. The summed E-state index contributed by atoms with van der Waals surface area (Å²) in [5.41, 5.74) is 0. The van der Waals surface area contributed by atoms with Crippen molar-refractivity contribution in [2.24, 2.45) is 0 Å². The van der Waals surface area contributed by atoms with Crippen LogP contribution < -0.4 is 4.18 Å². The van der Waals surface area contributed by atoms with E-state index in [0.29, 0.717) is 5.39 Å². The van der Waals surface area contributed by atoms with Crippen molar-refractivity contribution in [1.82, 2.24) is 0 Å². The van der Waals surface area contributed by atoms with E-state index in [0.717, 1.165) is 5.39 Å². The molecular formula is C16H18O5S. The van der Waals surface area contributed by atoms with E-state index in [1.165, 1.54) is 6.08 Å². The molecule has 5 nitrogen and oxygen atoms in total. The molecule has 2 aromatic rings. The summed E-state index contributed by atoms with van der Waals surface area (Å²) < 4.78 is 34.2. The Morgan fingerprint density at radius 2 is 1.91 bits per heavy atom. The first-order valence-corrected chi connectivity index (χ1v) is 8.36. The van der Waals surface area contributed by atoms with Gasteiger partial charge in [0.1, 0.15) is 11.5 Å². The van der Waals surface area contributed by atoms with Gasteiger partial charge in [-0.3, -0.25) is 0 Å². The molecule has 0 amide bonds. The van der Waals surface area contributed by atoms with E-state index < -0.39 is 22.0 Å². The summed E-state index contributed by atoms with van der Waals surface area (Å²) in [6, 6.07) is 12.5. The molecule has 2 aromatic carbocycles. The van der Waals surface area contributed by atoms with Crippen molar-refractivity contribution in [2.45, 2.75) is 6.10 Å². The molecule has 0 aromatic heterocycles. The van der Waals surface area contributed by atoms with Crippen molar-refractivity contribution in [3.8, 4) is 5.75 Å². The van der Waals surface area contributed by atoms with E-state index in [1.54, 1.807) is 24.3 Å². The van der Waals surface area contributed by atoms with Crippen LogP contribution in [0.25, 0.3) is 10.8 Å². The van der Waals surface area contributed by atoms with Crippen molar-refractivity contribution in [3.63, 3.8) is 0 Å². The summed E-state index contributed by atoms with van der Waals surface area (Å²) in [6.07, 6.45) is 0.369. The molecule has 0 saturated carbocycles. The number of aliphatic hydroxyl groups excluding tert-OH is 1. The summed E-state index contributed by atoms with van der Waals surface area (Å²) in [6.45, 7) is 3.63. The van der Waals surface area contributed by atoms with Crippen molar-refractivity contribution in [2.75, 3.05) is 19.0 Å². The van der Waals surface area contributed by atoms with Crippen LogP contribution in [0.3, 0.4) is 0 Å². The predicted octanol–water partition coefficient (Wildman–Crippen LogP) is 2.11. The average Bonchev–Trinajstić information content (AvgIpc) is 2.47. The van der Waals surface area contributed by atoms with Gasteiger partial charge in [0, 0.05) is 5.39 Å². The van der Waals surface area contributed by atoms with Gasteiger partial charge in [-0.2, -0.15) is 8.42 Å². The number of ether oxygens (including phenoxy) is 1. The second-order valence-electron chi connectivity index (χ2n) is 4.76. The minimum absolute atomic E-state index is 0.0931. The number of benzene rings is 2. The lowest BCUT2D eigenvalue weighted by Crippen LogP contribution is -2.28. The summed E-state index contributed by atoms with van der Waals surface area (Å²) in [7, 11) is -3.92. The monoisotopic (exact) mass is 322 g/mol. The molecule has 1 N–H and O–H groups in total. The van der Waals surface area contributed by atoms with Gasteiger partial charge in [0.25, 0.3) is 0 Å². The fraction of sp³-hybridized carbons (Fsp3) is 0.250. The average molecular weight is 322 g/mol. The quantitative estimate of drug-likeness (QED) is 0.458. The summed E-state index contributed by atoms with van der Waals surface area (Å²) in [4.78, 5) is 0. The highest BCUT2D eigenvalue weighted by Gasteiger charge is 2.20. The van der Waals surface area contributed by atoms with Crippen LogP contribution in [-0.2, 0) is 14.9 Å². The Hall–Kier alpha value is -1.89. The molecule has 0 bridgehead atoms. The largest absolute Gasteiger partial charge is 0.390 e. The number of hydrogen-bond acceptors (Lipinski definition) is 5. The number of rotatable bonds is 8. The van der Waals surface area contributed by atoms with E-state index in [4.69, 9.17) is 8.92 Å². The maximum Gasteiger partial charge on any atom is 0.311 e. The minimum atomic E-state index is -3.92. The summed E-state index contributed by atoms with van der Waals surface area (Å²) >= 11 is 0. The molecule has 2 rings (SSSR count). The topological polar surface area (TPSA) is 72.8 Å². The third-order valence-corrected chi connectivity index (χ3v) is 4.14. The molecule has 1 atom stereocenters. The lowest BCUT2D eigenvalue weighted by molar-refractivity contribution is 0.0609. The Bertz CT molecular complexity index is 734. The second-order valence-corrected chi connectivity index (χ2v) is 6.38. The molecule has 118 valence electrons. The number of fused-ring (bicyclic) bond motifs is 1. The van der Waals surface area contributed by atoms with Crippen LogP contribution in [0.4, 0.5) is 0 Å². The molecule has 0 fully saturated rings. The number of aliphatic hydroxyl groups is 1. The highest BCUT2D eigenvalue weighted by atomic mass is 32.2. The zero-order valence-electron chi connectivity index (χ0n) is 12.0. The summed E-state index contributed by atoms with van der Waals surface area (Å²) in [5, 5.41) is 11.3. The maximum atomic E-state index is 12.0. The normalized spacial score (nSPS) is 13.0. The highest BCUT2D eigenvalue weighted by molar-refractivity contribution is 7.87. The van der Waals surface area contributed by atoms with E-state index >= 15 is 0 Å². The van der Waals surface area contributed by atoms with Crippen molar-refractivity contribution in [3.05, 3.63) is 55.1 Å². The molecule has 0 aliphatic carbocycles. The first-order chi connectivity index (χ1) is 10.5. The smallest absolute Gasteiger partial charge is 0.311 e. The van der Waals surface area contributed by atoms with Crippen LogP contribution in [0, 0.1) is 0 Å². The molecule has 22 heavy (non-hydrogen) atoms.